The van der Waals surface area contributed by atoms with Crippen LogP contribution in [-0.4, -0.2) is 38.7 Å². The Morgan fingerprint density at radius 3 is 2.33 bits per heavy atom. The molecule has 0 radical (unpaired) electrons. The average Bonchev–Trinajstić information content (AvgIpc) is 3.36. The van der Waals surface area contributed by atoms with E-state index in [2.05, 4.69) is 4.98 Å². The SMILES string of the molecule is COc1ccc(S(=O)(=O)N(Cc2ccc3c(c2)OCO3)Cc2cc3cc(OC)ccc3[nH]c2=O)cc1. The molecular formula is C26H24N2O7S. The van der Waals surface area contributed by atoms with Crippen molar-refractivity contribution in [3.8, 4) is 23.0 Å². The van der Waals surface area contributed by atoms with Gasteiger partial charge < -0.3 is 23.9 Å². The predicted molar refractivity (Wildman–Crippen MR) is 133 cm³/mol. The molecule has 4 aromatic rings. The zero-order chi connectivity index (χ0) is 25.3. The van der Waals surface area contributed by atoms with Gasteiger partial charge in [0.25, 0.3) is 5.56 Å². The number of nitrogens with zero attached hydrogens (tertiary/aromatic N) is 1. The zero-order valence-corrected chi connectivity index (χ0v) is 20.5. The molecule has 186 valence electrons. The fraction of sp³-hybridized carbons (Fsp3) is 0.192. The Morgan fingerprint density at radius 1 is 0.861 bits per heavy atom. The highest BCUT2D eigenvalue weighted by Gasteiger charge is 2.27. The summed E-state index contributed by atoms with van der Waals surface area (Å²) in [6, 6.07) is 18.4. The Morgan fingerprint density at radius 2 is 1.58 bits per heavy atom. The molecule has 2 heterocycles. The van der Waals surface area contributed by atoms with Crippen molar-refractivity contribution in [2.75, 3.05) is 21.0 Å². The first-order valence-corrected chi connectivity index (χ1v) is 12.5. The van der Waals surface area contributed by atoms with Crippen LogP contribution in [0.1, 0.15) is 11.1 Å². The lowest BCUT2D eigenvalue weighted by Crippen LogP contribution is -2.32. The van der Waals surface area contributed by atoms with E-state index in [1.807, 2.05) is 0 Å². The van der Waals surface area contributed by atoms with Gasteiger partial charge in [-0.25, -0.2) is 8.42 Å². The molecule has 10 heteroatoms. The molecule has 0 atom stereocenters. The zero-order valence-electron chi connectivity index (χ0n) is 19.7. The molecular weight excluding hydrogens is 484 g/mol. The molecule has 1 aliphatic rings. The molecule has 9 nitrogen and oxygen atoms in total. The minimum absolute atomic E-state index is 0.0145. The van der Waals surface area contributed by atoms with Gasteiger partial charge >= 0.3 is 0 Å². The lowest BCUT2D eigenvalue weighted by molar-refractivity contribution is 0.174. The summed E-state index contributed by atoms with van der Waals surface area (Å²) in [6.07, 6.45) is 0. The Balaban J connectivity index is 1.55. The van der Waals surface area contributed by atoms with Crippen molar-refractivity contribution in [2.24, 2.45) is 0 Å². The molecule has 5 rings (SSSR count). The van der Waals surface area contributed by atoms with E-state index < -0.39 is 10.0 Å². The highest BCUT2D eigenvalue weighted by Crippen LogP contribution is 2.33. The summed E-state index contributed by atoms with van der Waals surface area (Å²) in [7, 11) is -0.923. The van der Waals surface area contributed by atoms with Gasteiger partial charge in [0.2, 0.25) is 16.8 Å². The maximum atomic E-state index is 13.7. The standard InChI is InChI=1S/C26H24N2O7S/c1-32-20-4-7-22(8-5-20)36(30,31)28(14-17-3-10-24-25(11-17)35-16-34-24)15-19-12-18-13-21(33-2)6-9-23(18)27-26(19)29/h3-13H,14-16H2,1-2H3,(H,27,29). The smallest absolute Gasteiger partial charge is 0.252 e. The molecule has 1 aliphatic heterocycles. The molecule has 0 aliphatic carbocycles. The molecule has 3 aromatic carbocycles. The second-order valence-electron chi connectivity index (χ2n) is 8.21. The molecule has 0 unspecified atom stereocenters. The first-order valence-electron chi connectivity index (χ1n) is 11.1. The number of aromatic amines is 1. The molecule has 0 amide bonds. The number of ether oxygens (including phenoxy) is 4. The first kappa shape index (κ1) is 23.7. The highest BCUT2D eigenvalue weighted by molar-refractivity contribution is 7.89. The number of hydrogen-bond acceptors (Lipinski definition) is 7. The number of aromatic nitrogens is 1. The normalized spacial score (nSPS) is 12.8. The number of rotatable bonds is 8. The molecule has 0 spiro atoms. The number of H-pyrrole nitrogens is 1. The predicted octanol–water partition coefficient (Wildman–Crippen LogP) is 3.67. The van der Waals surface area contributed by atoms with Crippen molar-refractivity contribution >= 4 is 20.9 Å². The van der Waals surface area contributed by atoms with Crippen molar-refractivity contribution in [1.29, 1.82) is 0 Å². The third-order valence-corrected chi connectivity index (χ3v) is 7.77. The highest BCUT2D eigenvalue weighted by atomic mass is 32.2. The number of sulfonamides is 1. The van der Waals surface area contributed by atoms with E-state index in [0.717, 1.165) is 5.39 Å². The van der Waals surface area contributed by atoms with Crippen molar-refractivity contribution < 1.29 is 27.4 Å². The van der Waals surface area contributed by atoms with Crippen LogP contribution >= 0.6 is 0 Å². The number of hydrogen-bond donors (Lipinski definition) is 1. The maximum Gasteiger partial charge on any atom is 0.252 e. The van der Waals surface area contributed by atoms with Gasteiger partial charge in [-0.3, -0.25) is 4.79 Å². The van der Waals surface area contributed by atoms with Gasteiger partial charge in [0.05, 0.1) is 19.1 Å². The molecule has 36 heavy (non-hydrogen) atoms. The van der Waals surface area contributed by atoms with Crippen molar-refractivity contribution in [3.05, 3.63) is 88.2 Å². The van der Waals surface area contributed by atoms with E-state index in [4.69, 9.17) is 18.9 Å². The Labute approximate surface area is 207 Å². The molecule has 0 saturated carbocycles. The van der Waals surface area contributed by atoms with Gasteiger partial charge in [0, 0.05) is 29.6 Å². The van der Waals surface area contributed by atoms with E-state index in [9.17, 15) is 13.2 Å². The average molecular weight is 509 g/mol. The van der Waals surface area contributed by atoms with Crippen molar-refractivity contribution in [2.45, 2.75) is 18.0 Å². The lowest BCUT2D eigenvalue weighted by Gasteiger charge is -2.23. The lowest BCUT2D eigenvalue weighted by atomic mass is 10.1. The summed E-state index contributed by atoms with van der Waals surface area (Å²) < 4.78 is 50.0. The third-order valence-electron chi connectivity index (χ3n) is 5.97. The van der Waals surface area contributed by atoms with Gasteiger partial charge in [-0.05, 0) is 66.2 Å². The quantitative estimate of drug-likeness (QED) is 0.387. The van der Waals surface area contributed by atoms with E-state index >= 15 is 0 Å². The summed E-state index contributed by atoms with van der Waals surface area (Å²) in [4.78, 5) is 15.8. The topological polar surface area (TPSA) is 107 Å². The van der Waals surface area contributed by atoms with Gasteiger partial charge in [0.1, 0.15) is 11.5 Å². The number of pyridine rings is 1. The summed E-state index contributed by atoms with van der Waals surface area (Å²) in [5, 5.41) is 0.730. The Bertz CT molecular complexity index is 1580. The summed E-state index contributed by atoms with van der Waals surface area (Å²) >= 11 is 0. The van der Waals surface area contributed by atoms with E-state index in [-0.39, 0.29) is 30.3 Å². The van der Waals surface area contributed by atoms with E-state index in [1.165, 1.54) is 23.5 Å². The van der Waals surface area contributed by atoms with Gasteiger partial charge in [-0.2, -0.15) is 4.31 Å². The van der Waals surface area contributed by atoms with Crippen LogP contribution in [0.5, 0.6) is 23.0 Å². The van der Waals surface area contributed by atoms with Crippen LogP contribution in [-0.2, 0) is 23.1 Å². The summed E-state index contributed by atoms with van der Waals surface area (Å²) in [6.45, 7) is -0.0194. The van der Waals surface area contributed by atoms with Crippen molar-refractivity contribution in [1.82, 2.24) is 9.29 Å². The van der Waals surface area contributed by atoms with Crippen LogP contribution in [0.4, 0.5) is 0 Å². The molecule has 0 bridgehead atoms. The van der Waals surface area contributed by atoms with Gasteiger partial charge in [-0.15, -0.1) is 0 Å². The third kappa shape index (κ3) is 4.60. The molecule has 1 aromatic heterocycles. The summed E-state index contributed by atoms with van der Waals surface area (Å²) in [5.41, 5.74) is 1.25. The second-order valence-corrected chi connectivity index (χ2v) is 10.2. The number of methoxy groups -OCH3 is 2. The monoisotopic (exact) mass is 508 g/mol. The van der Waals surface area contributed by atoms with E-state index in [0.29, 0.717) is 39.6 Å². The first-order chi connectivity index (χ1) is 17.4. The van der Waals surface area contributed by atoms with Crippen LogP contribution in [0, 0.1) is 0 Å². The summed E-state index contributed by atoms with van der Waals surface area (Å²) in [5.74, 6) is 2.31. The molecule has 1 N–H and O–H groups in total. The van der Waals surface area contributed by atoms with E-state index in [1.54, 1.807) is 61.7 Å². The number of benzene rings is 3. The minimum atomic E-state index is -3.99. The Hall–Kier alpha value is -4.02. The van der Waals surface area contributed by atoms with Crippen LogP contribution in [0.3, 0.4) is 0 Å². The molecule has 0 saturated heterocycles. The van der Waals surface area contributed by atoms with Crippen molar-refractivity contribution in [3.63, 3.8) is 0 Å². The number of fused-ring (bicyclic) bond motifs is 2. The fourth-order valence-corrected chi connectivity index (χ4v) is 5.44. The largest absolute Gasteiger partial charge is 0.497 e. The van der Waals surface area contributed by atoms with Crippen LogP contribution in [0.2, 0.25) is 0 Å². The minimum Gasteiger partial charge on any atom is -0.497 e. The van der Waals surface area contributed by atoms with Gasteiger partial charge in [0.15, 0.2) is 11.5 Å². The maximum absolute atomic E-state index is 13.7. The van der Waals surface area contributed by atoms with Crippen LogP contribution < -0.4 is 24.5 Å². The fourth-order valence-electron chi connectivity index (χ4n) is 4.03. The van der Waals surface area contributed by atoms with Gasteiger partial charge in [-0.1, -0.05) is 6.07 Å². The molecule has 0 fully saturated rings. The number of nitrogens with one attached hydrogen (secondary N) is 1. The Kier molecular flexibility index (Phi) is 6.29. The van der Waals surface area contributed by atoms with Crippen LogP contribution in [0.25, 0.3) is 10.9 Å². The second kappa shape index (κ2) is 9.56. The van der Waals surface area contributed by atoms with Crippen LogP contribution in [0.15, 0.2) is 76.4 Å².